The summed E-state index contributed by atoms with van der Waals surface area (Å²) in [6.07, 6.45) is 0.127. The molecule has 0 amide bonds. The highest BCUT2D eigenvalue weighted by atomic mass is 16.5. The molecule has 0 aromatic carbocycles. The van der Waals surface area contributed by atoms with Crippen molar-refractivity contribution < 1.29 is 19.2 Å². The SMILES string of the molecule is COc1ccc(-c2noc(CCC(=O)O)n2)nn1. The highest BCUT2D eigenvalue weighted by Crippen LogP contribution is 2.14. The quantitative estimate of drug-likeness (QED) is 0.818. The van der Waals surface area contributed by atoms with Gasteiger partial charge in [0.1, 0.15) is 5.69 Å². The number of aryl methyl sites for hydroxylation is 1. The number of aromatic nitrogens is 4. The number of rotatable bonds is 5. The Morgan fingerprint density at radius 2 is 2.28 bits per heavy atom. The van der Waals surface area contributed by atoms with Crippen molar-refractivity contribution in [1.82, 2.24) is 20.3 Å². The summed E-state index contributed by atoms with van der Waals surface area (Å²) in [7, 11) is 1.49. The van der Waals surface area contributed by atoms with Crippen molar-refractivity contribution in [2.45, 2.75) is 12.8 Å². The van der Waals surface area contributed by atoms with Crippen LogP contribution >= 0.6 is 0 Å². The van der Waals surface area contributed by atoms with Gasteiger partial charge in [0.2, 0.25) is 17.6 Å². The summed E-state index contributed by atoms with van der Waals surface area (Å²) in [5.41, 5.74) is 0.432. The van der Waals surface area contributed by atoms with Gasteiger partial charge in [-0.15, -0.1) is 10.2 Å². The van der Waals surface area contributed by atoms with Crippen LogP contribution in [0.4, 0.5) is 0 Å². The summed E-state index contributed by atoms with van der Waals surface area (Å²) in [6.45, 7) is 0. The molecule has 0 atom stereocenters. The predicted molar refractivity (Wildman–Crippen MR) is 57.8 cm³/mol. The van der Waals surface area contributed by atoms with Crippen LogP contribution in [0.2, 0.25) is 0 Å². The Kier molecular flexibility index (Phi) is 3.46. The minimum absolute atomic E-state index is 0.0596. The van der Waals surface area contributed by atoms with Gasteiger partial charge in [-0.1, -0.05) is 5.16 Å². The van der Waals surface area contributed by atoms with Gasteiger partial charge in [0.25, 0.3) is 0 Å². The fourth-order valence-electron chi connectivity index (χ4n) is 1.22. The molecule has 0 aliphatic carbocycles. The molecule has 8 heteroatoms. The van der Waals surface area contributed by atoms with E-state index in [-0.39, 0.29) is 24.6 Å². The maximum atomic E-state index is 10.4. The molecule has 0 spiro atoms. The molecule has 1 N–H and O–H groups in total. The van der Waals surface area contributed by atoms with E-state index < -0.39 is 5.97 Å². The monoisotopic (exact) mass is 250 g/mol. The van der Waals surface area contributed by atoms with Crippen molar-refractivity contribution in [3.8, 4) is 17.4 Å². The maximum Gasteiger partial charge on any atom is 0.303 e. The average molecular weight is 250 g/mol. The van der Waals surface area contributed by atoms with Crippen LogP contribution in [0, 0.1) is 0 Å². The van der Waals surface area contributed by atoms with E-state index in [1.54, 1.807) is 12.1 Å². The number of hydrogen-bond donors (Lipinski definition) is 1. The number of carbonyl (C=O) groups is 1. The molecule has 18 heavy (non-hydrogen) atoms. The average Bonchev–Trinajstić information content (AvgIpc) is 2.85. The van der Waals surface area contributed by atoms with Crippen LogP contribution in [0.1, 0.15) is 12.3 Å². The molecule has 0 unspecified atom stereocenters. The number of carboxylic acids is 1. The minimum atomic E-state index is -0.918. The van der Waals surface area contributed by atoms with Crippen LogP contribution in [-0.2, 0) is 11.2 Å². The molecule has 2 aromatic heterocycles. The fourth-order valence-corrected chi connectivity index (χ4v) is 1.22. The van der Waals surface area contributed by atoms with Crippen LogP contribution in [0.3, 0.4) is 0 Å². The van der Waals surface area contributed by atoms with E-state index in [1.807, 2.05) is 0 Å². The highest BCUT2D eigenvalue weighted by Gasteiger charge is 2.11. The number of nitrogens with zero attached hydrogens (tertiary/aromatic N) is 4. The largest absolute Gasteiger partial charge is 0.481 e. The molecular weight excluding hydrogens is 240 g/mol. The molecular formula is C10H10N4O4. The van der Waals surface area contributed by atoms with Crippen molar-refractivity contribution in [3.63, 3.8) is 0 Å². The molecule has 8 nitrogen and oxygen atoms in total. The summed E-state index contributed by atoms with van der Waals surface area (Å²) in [4.78, 5) is 14.4. The summed E-state index contributed by atoms with van der Waals surface area (Å²) in [6, 6.07) is 3.26. The van der Waals surface area contributed by atoms with Gasteiger partial charge in [0.05, 0.1) is 13.5 Å². The van der Waals surface area contributed by atoms with E-state index in [1.165, 1.54) is 7.11 Å². The first-order valence-corrected chi connectivity index (χ1v) is 5.11. The third-order valence-electron chi connectivity index (χ3n) is 2.10. The smallest absolute Gasteiger partial charge is 0.303 e. The topological polar surface area (TPSA) is 111 Å². The van der Waals surface area contributed by atoms with Crippen molar-refractivity contribution >= 4 is 5.97 Å². The lowest BCUT2D eigenvalue weighted by Gasteiger charge is -1.96. The van der Waals surface area contributed by atoms with Crippen molar-refractivity contribution in [2.75, 3.05) is 7.11 Å². The van der Waals surface area contributed by atoms with Gasteiger partial charge in [-0.25, -0.2) is 0 Å². The molecule has 2 rings (SSSR count). The molecule has 0 radical (unpaired) electrons. The van der Waals surface area contributed by atoms with Crippen LogP contribution < -0.4 is 4.74 Å². The molecule has 0 saturated carbocycles. The lowest BCUT2D eigenvalue weighted by atomic mass is 10.3. The van der Waals surface area contributed by atoms with Crippen LogP contribution in [0.15, 0.2) is 16.7 Å². The van der Waals surface area contributed by atoms with Crippen molar-refractivity contribution in [1.29, 1.82) is 0 Å². The second-order valence-electron chi connectivity index (χ2n) is 3.37. The van der Waals surface area contributed by atoms with Gasteiger partial charge in [-0.05, 0) is 6.07 Å². The van der Waals surface area contributed by atoms with Crippen LogP contribution in [0.5, 0.6) is 5.88 Å². The zero-order valence-electron chi connectivity index (χ0n) is 9.53. The highest BCUT2D eigenvalue weighted by molar-refractivity contribution is 5.66. The molecule has 0 aliphatic rings. The Morgan fingerprint density at radius 3 is 2.89 bits per heavy atom. The first-order valence-electron chi connectivity index (χ1n) is 5.11. The number of methoxy groups -OCH3 is 1. The summed E-state index contributed by atoms with van der Waals surface area (Å²) < 4.78 is 9.77. The van der Waals surface area contributed by atoms with E-state index in [2.05, 4.69) is 20.3 Å². The molecule has 0 saturated heterocycles. The van der Waals surface area contributed by atoms with Gasteiger partial charge in [-0.3, -0.25) is 4.79 Å². The van der Waals surface area contributed by atoms with Crippen LogP contribution in [-0.4, -0.2) is 38.5 Å². The van der Waals surface area contributed by atoms with Gasteiger partial charge in [0, 0.05) is 12.5 Å². The van der Waals surface area contributed by atoms with Crippen molar-refractivity contribution in [3.05, 3.63) is 18.0 Å². The molecule has 0 bridgehead atoms. The molecule has 94 valence electrons. The fraction of sp³-hybridized carbons (Fsp3) is 0.300. The van der Waals surface area contributed by atoms with Crippen LogP contribution in [0.25, 0.3) is 11.5 Å². The Hall–Kier alpha value is -2.51. The maximum absolute atomic E-state index is 10.4. The molecule has 2 aromatic rings. The molecule has 0 aliphatic heterocycles. The summed E-state index contributed by atoms with van der Waals surface area (Å²) in [5, 5.41) is 19.8. The lowest BCUT2D eigenvalue weighted by molar-refractivity contribution is -0.137. The van der Waals surface area contributed by atoms with E-state index in [4.69, 9.17) is 14.4 Å². The number of ether oxygens (including phenoxy) is 1. The van der Waals surface area contributed by atoms with E-state index in [9.17, 15) is 4.79 Å². The normalized spacial score (nSPS) is 10.3. The lowest BCUT2D eigenvalue weighted by Crippen LogP contribution is -1.97. The third kappa shape index (κ3) is 2.78. The molecule has 0 fully saturated rings. The number of hydrogen-bond acceptors (Lipinski definition) is 7. The second kappa shape index (κ2) is 5.21. The minimum Gasteiger partial charge on any atom is -0.481 e. The van der Waals surface area contributed by atoms with E-state index >= 15 is 0 Å². The third-order valence-corrected chi connectivity index (χ3v) is 2.10. The first-order chi connectivity index (χ1) is 8.69. The Balaban J connectivity index is 2.10. The standard InChI is InChI=1S/C10H10N4O4/c1-17-8-3-2-6(12-13-8)10-11-7(18-14-10)4-5-9(15)16/h2-3H,4-5H2,1H3,(H,15,16). The molecule has 2 heterocycles. The first kappa shape index (κ1) is 12.0. The second-order valence-corrected chi connectivity index (χ2v) is 3.37. The zero-order valence-corrected chi connectivity index (χ0v) is 9.53. The predicted octanol–water partition coefficient (Wildman–Crippen LogP) is 0.552. The Morgan fingerprint density at radius 1 is 1.44 bits per heavy atom. The Labute approximate surface area is 102 Å². The van der Waals surface area contributed by atoms with E-state index in [0.717, 1.165) is 0 Å². The summed E-state index contributed by atoms with van der Waals surface area (Å²) >= 11 is 0. The van der Waals surface area contributed by atoms with Gasteiger partial charge >= 0.3 is 5.97 Å². The summed E-state index contributed by atoms with van der Waals surface area (Å²) in [5.74, 6) is -0.0112. The Bertz CT molecular complexity index is 537. The van der Waals surface area contributed by atoms with Crippen molar-refractivity contribution in [2.24, 2.45) is 0 Å². The zero-order chi connectivity index (χ0) is 13.0. The number of aliphatic carboxylic acids is 1. The van der Waals surface area contributed by atoms with E-state index in [0.29, 0.717) is 11.6 Å². The van der Waals surface area contributed by atoms with Gasteiger partial charge in [-0.2, -0.15) is 4.98 Å². The number of carboxylic acid groups (broad SMARTS) is 1. The van der Waals surface area contributed by atoms with Gasteiger partial charge in [0.15, 0.2) is 0 Å². The van der Waals surface area contributed by atoms with Gasteiger partial charge < -0.3 is 14.4 Å².